The molecule has 4 rings (SSSR count). The number of pyridine rings is 1. The Morgan fingerprint density at radius 3 is 2.45 bits per heavy atom. The lowest BCUT2D eigenvalue weighted by atomic mass is 9.86. The molecular weight excluding hydrogens is 388 g/mol. The molecule has 1 aromatic rings. The topological polar surface area (TPSA) is 77.4 Å². The van der Waals surface area contributed by atoms with Crippen LogP contribution in [0.3, 0.4) is 0 Å². The van der Waals surface area contributed by atoms with E-state index in [2.05, 4.69) is 17.7 Å². The normalized spacial score (nSPS) is 30.1. The minimum Gasteiger partial charge on any atom is -0.376 e. The fourth-order valence-corrected chi connectivity index (χ4v) is 5.92. The zero-order chi connectivity index (χ0) is 20.6. The Hall–Kier alpha value is -1.18. The average Bonchev–Trinajstić information content (AvgIpc) is 3.52. The first-order valence-corrected chi connectivity index (χ1v) is 13.1. The summed E-state index contributed by atoms with van der Waals surface area (Å²) in [5.41, 5.74) is 1.92. The molecule has 0 amide bonds. The van der Waals surface area contributed by atoms with Gasteiger partial charge in [-0.15, -0.1) is 0 Å². The highest BCUT2D eigenvalue weighted by atomic mass is 32.2. The fraction of sp³-hybridized carbons (Fsp3) is 0.773. The minimum absolute atomic E-state index is 0.0493. The molecule has 1 N–H and O–H groups in total. The quantitative estimate of drug-likeness (QED) is 0.732. The van der Waals surface area contributed by atoms with Crippen molar-refractivity contribution < 1.29 is 13.2 Å². The van der Waals surface area contributed by atoms with Gasteiger partial charge in [-0.3, -0.25) is 4.79 Å². The van der Waals surface area contributed by atoms with E-state index in [1.54, 1.807) is 0 Å². The van der Waals surface area contributed by atoms with Crippen LogP contribution < -0.4 is 10.3 Å². The third-order valence-electron chi connectivity index (χ3n) is 6.99. The molecule has 3 aliphatic rings. The number of sulfonamides is 1. The maximum absolute atomic E-state index is 13.3. The van der Waals surface area contributed by atoms with Gasteiger partial charge in [-0.1, -0.05) is 19.4 Å². The Balaban J connectivity index is 1.57. The molecular formula is C22H34N2O4S. The van der Waals surface area contributed by atoms with E-state index in [4.69, 9.17) is 4.74 Å². The van der Waals surface area contributed by atoms with Gasteiger partial charge in [0.15, 0.2) is 0 Å². The van der Waals surface area contributed by atoms with Crippen molar-refractivity contribution in [2.24, 2.45) is 5.92 Å². The number of aromatic nitrogens is 1. The molecule has 162 valence electrons. The molecule has 6 nitrogen and oxygen atoms in total. The summed E-state index contributed by atoms with van der Waals surface area (Å²) in [5.74, 6) is 1.17. The van der Waals surface area contributed by atoms with Crippen molar-refractivity contribution in [1.29, 1.82) is 0 Å². The van der Waals surface area contributed by atoms with E-state index >= 15 is 0 Å². The number of rotatable bonds is 7. The van der Waals surface area contributed by atoms with E-state index in [0.717, 1.165) is 42.9 Å². The lowest BCUT2D eigenvalue weighted by Crippen LogP contribution is -2.49. The lowest BCUT2D eigenvalue weighted by Gasteiger charge is -2.37. The van der Waals surface area contributed by atoms with Gasteiger partial charge >= 0.3 is 0 Å². The summed E-state index contributed by atoms with van der Waals surface area (Å²) in [6, 6.07) is 3.45. The molecule has 2 heterocycles. The van der Waals surface area contributed by atoms with E-state index < -0.39 is 10.0 Å². The van der Waals surface area contributed by atoms with Gasteiger partial charge in [-0.25, -0.2) is 13.1 Å². The maximum atomic E-state index is 13.3. The van der Waals surface area contributed by atoms with Gasteiger partial charge in [0.05, 0.1) is 25.0 Å². The third kappa shape index (κ3) is 4.94. The fourth-order valence-electron chi connectivity index (χ4n) is 5.10. The smallest absolute Gasteiger partial charge is 0.254 e. The van der Waals surface area contributed by atoms with Crippen LogP contribution >= 0.6 is 0 Å². The molecule has 2 fully saturated rings. The maximum Gasteiger partial charge on any atom is 0.254 e. The first-order chi connectivity index (χ1) is 13.9. The summed E-state index contributed by atoms with van der Waals surface area (Å²) >= 11 is 0. The molecule has 1 aliphatic heterocycles. The van der Waals surface area contributed by atoms with Crippen LogP contribution in [0.25, 0.3) is 0 Å². The van der Waals surface area contributed by atoms with Gasteiger partial charge in [0.1, 0.15) is 0 Å². The van der Waals surface area contributed by atoms with Crippen molar-refractivity contribution in [1.82, 2.24) is 9.29 Å². The van der Waals surface area contributed by atoms with Crippen LogP contribution in [0.15, 0.2) is 16.9 Å². The van der Waals surface area contributed by atoms with Crippen molar-refractivity contribution >= 4 is 10.0 Å². The van der Waals surface area contributed by atoms with Gasteiger partial charge in [-0.2, -0.15) is 0 Å². The summed E-state index contributed by atoms with van der Waals surface area (Å²) in [7, 11) is -3.36. The van der Waals surface area contributed by atoms with Crippen molar-refractivity contribution in [3.8, 4) is 0 Å². The summed E-state index contributed by atoms with van der Waals surface area (Å²) in [5, 5.41) is 0. The molecule has 0 spiro atoms. The molecule has 0 saturated heterocycles. The Kier molecular flexibility index (Phi) is 6.19. The van der Waals surface area contributed by atoms with E-state index in [0.29, 0.717) is 25.4 Å². The minimum atomic E-state index is -3.36. The number of aryl methyl sites for hydroxylation is 1. The largest absolute Gasteiger partial charge is 0.376 e. The molecule has 2 aliphatic carbocycles. The van der Waals surface area contributed by atoms with Crippen LogP contribution in [0.5, 0.6) is 0 Å². The summed E-state index contributed by atoms with van der Waals surface area (Å²) in [4.78, 5) is 13.3. The van der Waals surface area contributed by atoms with Crippen molar-refractivity contribution in [3.05, 3.63) is 33.7 Å². The van der Waals surface area contributed by atoms with Gasteiger partial charge in [0.25, 0.3) is 5.56 Å². The van der Waals surface area contributed by atoms with Gasteiger partial charge in [0, 0.05) is 17.3 Å². The molecule has 2 atom stereocenters. The van der Waals surface area contributed by atoms with Crippen LogP contribution in [0.1, 0.15) is 81.5 Å². The SMILES string of the molecule is CCC1CCC(OC[C@H]2[C@@H](NS(C)(=O)=O)CCc3ccc(C4CC4)c(=O)n32)CC1. The lowest BCUT2D eigenvalue weighted by molar-refractivity contribution is -0.00695. The Morgan fingerprint density at radius 1 is 1.10 bits per heavy atom. The van der Waals surface area contributed by atoms with Crippen LogP contribution in [0.2, 0.25) is 0 Å². The zero-order valence-corrected chi connectivity index (χ0v) is 18.4. The standard InChI is InChI=1S/C22H34N2O4S/c1-3-15-4-10-18(11-5-15)28-14-21-20(23-29(2,26)27)13-9-17-8-12-19(16-6-7-16)22(25)24(17)21/h8,12,15-16,18,20-21,23H,3-7,9-11,13-14H2,1-2H3/t15?,18?,20-,21-/m0/s1. The van der Waals surface area contributed by atoms with E-state index in [1.165, 1.54) is 25.5 Å². The number of nitrogens with zero attached hydrogens (tertiary/aromatic N) is 1. The second-order valence-electron chi connectivity index (χ2n) is 9.22. The molecule has 29 heavy (non-hydrogen) atoms. The number of hydrogen-bond acceptors (Lipinski definition) is 4. The molecule has 0 bridgehead atoms. The Morgan fingerprint density at radius 2 is 1.83 bits per heavy atom. The monoisotopic (exact) mass is 422 g/mol. The van der Waals surface area contributed by atoms with Crippen molar-refractivity contribution in [2.75, 3.05) is 12.9 Å². The number of hydrogen-bond donors (Lipinski definition) is 1. The first-order valence-electron chi connectivity index (χ1n) is 11.2. The van der Waals surface area contributed by atoms with E-state index in [-0.39, 0.29) is 23.7 Å². The van der Waals surface area contributed by atoms with E-state index in [1.807, 2.05) is 10.6 Å². The van der Waals surface area contributed by atoms with Gasteiger partial charge < -0.3 is 9.30 Å². The van der Waals surface area contributed by atoms with Crippen molar-refractivity contribution in [3.63, 3.8) is 0 Å². The van der Waals surface area contributed by atoms with Crippen molar-refractivity contribution in [2.45, 2.75) is 88.8 Å². The average molecular weight is 423 g/mol. The number of ether oxygens (including phenoxy) is 1. The molecule has 2 saturated carbocycles. The third-order valence-corrected chi connectivity index (χ3v) is 7.73. The summed E-state index contributed by atoms with van der Waals surface area (Å²) < 4.78 is 34.8. The van der Waals surface area contributed by atoms with Crippen LogP contribution in [0.4, 0.5) is 0 Å². The Bertz CT molecular complexity index is 883. The second kappa shape index (κ2) is 8.52. The van der Waals surface area contributed by atoms with Crippen LogP contribution in [0, 0.1) is 5.92 Å². The molecule has 0 unspecified atom stereocenters. The zero-order valence-electron chi connectivity index (χ0n) is 17.6. The molecule has 7 heteroatoms. The summed E-state index contributed by atoms with van der Waals surface area (Å²) in [6.07, 6.45) is 10.7. The number of nitrogens with one attached hydrogen (secondary N) is 1. The highest BCUT2D eigenvalue weighted by Crippen LogP contribution is 2.39. The molecule has 0 radical (unpaired) electrons. The van der Waals surface area contributed by atoms with Gasteiger partial charge in [0.2, 0.25) is 10.0 Å². The predicted molar refractivity (Wildman–Crippen MR) is 114 cm³/mol. The highest BCUT2D eigenvalue weighted by Gasteiger charge is 2.35. The van der Waals surface area contributed by atoms with Gasteiger partial charge in [-0.05, 0) is 69.3 Å². The first kappa shape index (κ1) is 21.1. The predicted octanol–water partition coefficient (Wildman–Crippen LogP) is 3.12. The molecule has 0 aromatic carbocycles. The van der Waals surface area contributed by atoms with Crippen LogP contribution in [-0.4, -0.2) is 38.0 Å². The Labute approximate surface area is 174 Å². The summed E-state index contributed by atoms with van der Waals surface area (Å²) in [6.45, 7) is 2.63. The second-order valence-corrected chi connectivity index (χ2v) is 11.0. The van der Waals surface area contributed by atoms with E-state index in [9.17, 15) is 13.2 Å². The van der Waals surface area contributed by atoms with Crippen LogP contribution in [-0.2, 0) is 21.2 Å². The molecule has 1 aromatic heterocycles. The highest BCUT2D eigenvalue weighted by molar-refractivity contribution is 7.88. The number of fused-ring (bicyclic) bond motifs is 1.